The number of fused-ring (bicyclic) bond motifs is 1. The first-order valence-corrected chi connectivity index (χ1v) is 8.96. The van der Waals surface area contributed by atoms with Crippen LogP contribution in [0.2, 0.25) is 0 Å². The summed E-state index contributed by atoms with van der Waals surface area (Å²) in [5, 5.41) is 10.9. The zero-order valence-electron chi connectivity index (χ0n) is 15.7. The summed E-state index contributed by atoms with van der Waals surface area (Å²) >= 11 is 0. The highest BCUT2D eigenvalue weighted by Gasteiger charge is 2.28. The largest absolute Gasteiger partial charge is 0.464 e. The smallest absolute Gasteiger partial charge is 0.410 e. The van der Waals surface area contributed by atoms with Crippen molar-refractivity contribution in [1.82, 2.24) is 14.9 Å². The van der Waals surface area contributed by atoms with Crippen molar-refractivity contribution in [3.05, 3.63) is 28.3 Å². The maximum atomic E-state index is 12.2. The molecule has 3 rings (SSSR count). The van der Waals surface area contributed by atoms with E-state index in [0.717, 1.165) is 12.8 Å². The fraction of sp³-hybridized carbons (Fsp3) is 0.556. The predicted octanol–water partition coefficient (Wildman–Crippen LogP) is 3.50. The molecule has 1 amide bonds. The highest BCUT2D eigenvalue weighted by atomic mass is 16.6. The molecule has 0 bridgehead atoms. The van der Waals surface area contributed by atoms with E-state index in [9.17, 15) is 14.9 Å². The van der Waals surface area contributed by atoms with Crippen molar-refractivity contribution in [2.24, 2.45) is 5.92 Å². The summed E-state index contributed by atoms with van der Waals surface area (Å²) in [6.45, 7) is 7.20. The van der Waals surface area contributed by atoms with E-state index in [-0.39, 0.29) is 17.7 Å². The lowest BCUT2D eigenvalue weighted by atomic mass is 9.99. The second-order valence-corrected chi connectivity index (χ2v) is 7.75. The number of piperidine rings is 1. The van der Waals surface area contributed by atoms with Crippen molar-refractivity contribution in [3.63, 3.8) is 0 Å². The van der Waals surface area contributed by atoms with Gasteiger partial charge in [0.2, 0.25) is 0 Å². The van der Waals surface area contributed by atoms with Gasteiger partial charge in [-0.2, -0.15) is 4.98 Å². The standard InChI is InChI=1S/C18H24N4O5/c1-18(2,3)27-17(23)21-8-4-5-12(10-21)11-26-16-19-14-7-6-13(22(24)25)9-15(14)20-16/h6-7,9,12H,4-5,8,10-11H2,1-3H3,(H,19,20). The molecule has 0 radical (unpaired) electrons. The third-order valence-corrected chi connectivity index (χ3v) is 4.28. The Kier molecular flexibility index (Phi) is 5.20. The fourth-order valence-corrected chi connectivity index (χ4v) is 3.05. The van der Waals surface area contributed by atoms with Crippen LogP contribution in [0, 0.1) is 16.0 Å². The van der Waals surface area contributed by atoms with Gasteiger partial charge in [-0.1, -0.05) is 0 Å². The lowest BCUT2D eigenvalue weighted by molar-refractivity contribution is -0.384. The van der Waals surface area contributed by atoms with Crippen molar-refractivity contribution in [2.75, 3.05) is 19.7 Å². The Hall–Kier alpha value is -2.84. The average Bonchev–Trinajstić information content (AvgIpc) is 3.00. The van der Waals surface area contributed by atoms with E-state index >= 15 is 0 Å². The predicted molar refractivity (Wildman–Crippen MR) is 98.8 cm³/mol. The number of nitrogens with zero attached hydrogens (tertiary/aromatic N) is 3. The molecule has 1 aliphatic heterocycles. The van der Waals surface area contributed by atoms with E-state index in [2.05, 4.69) is 9.97 Å². The molecule has 2 aromatic rings. The SMILES string of the molecule is CC(C)(C)OC(=O)N1CCCC(COc2nc3ccc([N+](=O)[O-])cc3[nH]2)C1. The number of amides is 1. The number of likely N-dealkylation sites (tertiary alicyclic amines) is 1. The minimum atomic E-state index is -0.516. The van der Waals surface area contributed by atoms with Crippen LogP contribution in [0.3, 0.4) is 0 Å². The number of benzene rings is 1. The van der Waals surface area contributed by atoms with Crippen molar-refractivity contribution >= 4 is 22.8 Å². The highest BCUT2D eigenvalue weighted by Crippen LogP contribution is 2.23. The fourth-order valence-electron chi connectivity index (χ4n) is 3.05. The summed E-state index contributed by atoms with van der Waals surface area (Å²) in [6, 6.07) is 4.74. The minimum Gasteiger partial charge on any atom is -0.464 e. The first-order valence-electron chi connectivity index (χ1n) is 8.96. The van der Waals surface area contributed by atoms with Gasteiger partial charge in [-0.05, 0) is 39.7 Å². The van der Waals surface area contributed by atoms with Crippen molar-refractivity contribution < 1.29 is 19.2 Å². The van der Waals surface area contributed by atoms with E-state index in [0.29, 0.717) is 36.7 Å². The molecule has 1 aromatic carbocycles. The molecule has 0 saturated carbocycles. The van der Waals surface area contributed by atoms with Gasteiger partial charge in [-0.3, -0.25) is 10.1 Å². The number of ether oxygens (including phenoxy) is 2. The number of hydrogen-bond donors (Lipinski definition) is 1. The highest BCUT2D eigenvalue weighted by molar-refractivity contribution is 5.78. The second-order valence-electron chi connectivity index (χ2n) is 7.75. The zero-order valence-corrected chi connectivity index (χ0v) is 15.7. The molecular formula is C18H24N4O5. The van der Waals surface area contributed by atoms with Crippen molar-refractivity contribution in [3.8, 4) is 6.01 Å². The van der Waals surface area contributed by atoms with Gasteiger partial charge >= 0.3 is 6.09 Å². The number of aromatic nitrogens is 2. The summed E-state index contributed by atoms with van der Waals surface area (Å²) in [6.07, 6.45) is 1.54. The summed E-state index contributed by atoms with van der Waals surface area (Å²) in [5.41, 5.74) is 0.642. The number of non-ortho nitro benzene ring substituents is 1. The average molecular weight is 376 g/mol. The van der Waals surface area contributed by atoms with Gasteiger partial charge < -0.3 is 19.4 Å². The van der Waals surface area contributed by atoms with Crippen molar-refractivity contribution in [2.45, 2.75) is 39.2 Å². The third kappa shape index (κ3) is 4.87. The molecule has 0 aliphatic carbocycles. The van der Waals surface area contributed by atoms with Gasteiger partial charge in [0, 0.05) is 31.1 Å². The first kappa shape index (κ1) is 18.9. The van der Waals surface area contributed by atoms with Crippen LogP contribution in [0.25, 0.3) is 11.0 Å². The minimum absolute atomic E-state index is 0.00187. The van der Waals surface area contributed by atoms with Gasteiger partial charge in [0.05, 0.1) is 22.6 Å². The maximum absolute atomic E-state index is 12.2. The number of aromatic amines is 1. The van der Waals surface area contributed by atoms with Gasteiger partial charge in [-0.25, -0.2) is 4.79 Å². The van der Waals surface area contributed by atoms with E-state index < -0.39 is 10.5 Å². The van der Waals surface area contributed by atoms with Crippen LogP contribution in [-0.4, -0.2) is 51.2 Å². The Morgan fingerprint density at radius 1 is 1.44 bits per heavy atom. The van der Waals surface area contributed by atoms with Crippen LogP contribution in [0.15, 0.2) is 18.2 Å². The maximum Gasteiger partial charge on any atom is 0.410 e. The molecule has 9 nitrogen and oxygen atoms in total. The quantitative estimate of drug-likeness (QED) is 0.646. The molecule has 146 valence electrons. The van der Waals surface area contributed by atoms with E-state index in [1.54, 1.807) is 11.0 Å². The Balaban J connectivity index is 1.58. The van der Waals surface area contributed by atoms with Crippen LogP contribution in [-0.2, 0) is 4.74 Å². The number of hydrogen-bond acceptors (Lipinski definition) is 6. The second kappa shape index (κ2) is 7.42. The van der Waals surface area contributed by atoms with Crippen LogP contribution < -0.4 is 4.74 Å². The monoisotopic (exact) mass is 376 g/mol. The van der Waals surface area contributed by atoms with Gasteiger partial charge in [0.1, 0.15) is 5.60 Å². The molecule has 1 saturated heterocycles. The van der Waals surface area contributed by atoms with Gasteiger partial charge in [-0.15, -0.1) is 0 Å². The topological polar surface area (TPSA) is 111 Å². The Bertz CT molecular complexity index is 842. The van der Waals surface area contributed by atoms with Gasteiger partial charge in [0.15, 0.2) is 0 Å². The number of nitro groups is 1. The van der Waals surface area contributed by atoms with Crippen LogP contribution in [0.5, 0.6) is 6.01 Å². The Labute approximate surface area is 156 Å². The third-order valence-electron chi connectivity index (χ3n) is 4.28. The molecule has 1 atom stereocenters. The number of carbonyl (C=O) groups is 1. The van der Waals surface area contributed by atoms with Crippen LogP contribution >= 0.6 is 0 Å². The molecular weight excluding hydrogens is 352 g/mol. The number of imidazole rings is 1. The van der Waals surface area contributed by atoms with Crippen molar-refractivity contribution in [1.29, 1.82) is 0 Å². The Morgan fingerprint density at radius 3 is 2.93 bits per heavy atom. The van der Waals surface area contributed by atoms with E-state index in [1.807, 2.05) is 20.8 Å². The molecule has 1 aliphatic rings. The molecule has 1 unspecified atom stereocenters. The van der Waals surface area contributed by atoms with Gasteiger partial charge in [0.25, 0.3) is 11.7 Å². The molecule has 0 spiro atoms. The molecule has 2 heterocycles. The molecule has 27 heavy (non-hydrogen) atoms. The molecule has 1 aromatic heterocycles. The molecule has 1 fully saturated rings. The summed E-state index contributed by atoms with van der Waals surface area (Å²) in [7, 11) is 0. The van der Waals surface area contributed by atoms with E-state index in [4.69, 9.17) is 9.47 Å². The van der Waals surface area contributed by atoms with Crippen LogP contribution in [0.1, 0.15) is 33.6 Å². The first-order chi connectivity index (χ1) is 12.7. The summed E-state index contributed by atoms with van der Waals surface area (Å²) in [4.78, 5) is 31.6. The number of rotatable bonds is 4. The number of nitro benzene ring substituents is 1. The van der Waals surface area contributed by atoms with Crippen LogP contribution in [0.4, 0.5) is 10.5 Å². The normalized spacial score (nSPS) is 17.7. The molecule has 9 heteroatoms. The Morgan fingerprint density at radius 2 is 2.22 bits per heavy atom. The lowest BCUT2D eigenvalue weighted by Crippen LogP contribution is -2.44. The van der Waals surface area contributed by atoms with E-state index in [1.165, 1.54) is 12.1 Å². The number of nitrogens with one attached hydrogen (secondary N) is 1. The summed E-state index contributed by atoms with van der Waals surface area (Å²) in [5.74, 6) is 0.175. The number of H-pyrrole nitrogens is 1. The zero-order chi connectivity index (χ0) is 19.6. The molecule has 1 N–H and O–H groups in total. The lowest BCUT2D eigenvalue weighted by Gasteiger charge is -2.33. The number of carbonyl (C=O) groups excluding carboxylic acids is 1. The summed E-state index contributed by atoms with van der Waals surface area (Å²) < 4.78 is 11.2.